The Morgan fingerprint density at radius 2 is 2.42 bits per heavy atom. The fourth-order valence-corrected chi connectivity index (χ4v) is 2.28. The van der Waals surface area contributed by atoms with Crippen LogP contribution in [0.1, 0.15) is 30.1 Å². The largest absolute Gasteiger partial charge is 0.469 e. The van der Waals surface area contributed by atoms with Crippen molar-refractivity contribution in [2.45, 2.75) is 32.9 Å². The van der Waals surface area contributed by atoms with Crippen molar-refractivity contribution in [1.29, 1.82) is 0 Å². The fraction of sp³-hybridized carbons (Fsp3) is 0.385. The lowest BCUT2D eigenvalue weighted by Gasteiger charge is -2.11. The number of nitrogens with one attached hydrogen (secondary N) is 1. The van der Waals surface area contributed by atoms with Gasteiger partial charge in [-0.1, -0.05) is 0 Å². The van der Waals surface area contributed by atoms with Crippen LogP contribution in [0, 0.1) is 0 Å². The van der Waals surface area contributed by atoms with E-state index in [0.29, 0.717) is 16.6 Å². The molecule has 102 valence electrons. The van der Waals surface area contributed by atoms with E-state index in [0.717, 1.165) is 12.3 Å². The van der Waals surface area contributed by atoms with Crippen LogP contribution < -0.4 is 5.32 Å². The summed E-state index contributed by atoms with van der Waals surface area (Å²) in [6.45, 7) is 4.64. The molecular weight excluding hydrogens is 310 g/mol. The molecule has 0 aliphatic rings. The van der Waals surface area contributed by atoms with E-state index in [4.69, 9.17) is 4.42 Å². The highest BCUT2D eigenvalue weighted by atomic mass is 79.9. The highest BCUT2D eigenvalue weighted by Gasteiger charge is 2.17. The normalized spacial score (nSPS) is 12.4. The first kappa shape index (κ1) is 13.9. The van der Waals surface area contributed by atoms with Gasteiger partial charge in [0.05, 0.1) is 10.7 Å². The van der Waals surface area contributed by atoms with E-state index < -0.39 is 0 Å². The molecule has 1 unspecified atom stereocenters. The van der Waals surface area contributed by atoms with Crippen LogP contribution in [0.5, 0.6) is 0 Å². The number of amides is 1. The van der Waals surface area contributed by atoms with Gasteiger partial charge in [-0.05, 0) is 41.9 Å². The van der Waals surface area contributed by atoms with E-state index in [-0.39, 0.29) is 11.9 Å². The van der Waals surface area contributed by atoms with Gasteiger partial charge < -0.3 is 9.73 Å². The Kier molecular flexibility index (Phi) is 4.42. The zero-order chi connectivity index (χ0) is 13.8. The van der Waals surface area contributed by atoms with Crippen LogP contribution in [0.4, 0.5) is 0 Å². The zero-order valence-electron chi connectivity index (χ0n) is 10.9. The van der Waals surface area contributed by atoms with E-state index >= 15 is 0 Å². The predicted octanol–water partition coefficient (Wildman–Crippen LogP) is 2.62. The first-order chi connectivity index (χ1) is 9.10. The zero-order valence-corrected chi connectivity index (χ0v) is 12.5. The van der Waals surface area contributed by atoms with Crippen molar-refractivity contribution in [3.8, 4) is 0 Å². The molecule has 0 fully saturated rings. The summed E-state index contributed by atoms with van der Waals surface area (Å²) in [7, 11) is 0. The highest BCUT2D eigenvalue weighted by molar-refractivity contribution is 9.10. The molecule has 6 heteroatoms. The minimum Gasteiger partial charge on any atom is -0.469 e. The quantitative estimate of drug-likeness (QED) is 0.919. The third-order valence-corrected chi connectivity index (χ3v) is 3.30. The number of halogens is 1. The molecule has 1 N–H and O–H groups in total. The molecule has 0 aliphatic heterocycles. The molecule has 0 aromatic carbocycles. The summed E-state index contributed by atoms with van der Waals surface area (Å²) in [5.74, 6) is 0.670. The number of furan rings is 1. The fourth-order valence-electron chi connectivity index (χ4n) is 1.79. The van der Waals surface area contributed by atoms with Crippen molar-refractivity contribution >= 4 is 21.8 Å². The molecule has 1 atom stereocenters. The minimum absolute atomic E-state index is 0.0164. The average molecular weight is 326 g/mol. The van der Waals surface area contributed by atoms with Crippen molar-refractivity contribution in [1.82, 2.24) is 15.1 Å². The number of nitrogens with zero attached hydrogens (tertiary/aromatic N) is 2. The summed E-state index contributed by atoms with van der Waals surface area (Å²) in [6.07, 6.45) is 4.08. The first-order valence-corrected chi connectivity index (χ1v) is 6.95. The van der Waals surface area contributed by atoms with Crippen molar-refractivity contribution in [2.24, 2.45) is 0 Å². The molecule has 5 nitrogen and oxygen atoms in total. The second-order valence-corrected chi connectivity index (χ2v) is 5.19. The Morgan fingerprint density at radius 1 is 1.63 bits per heavy atom. The van der Waals surface area contributed by atoms with Gasteiger partial charge >= 0.3 is 0 Å². The molecule has 0 aliphatic carbocycles. The molecule has 2 aromatic heterocycles. The standard InChI is InChI=1S/C13H16BrN3O2/c1-3-17-8-11(14)12(16-17)13(18)15-9(2)7-10-5-4-6-19-10/h4-6,8-9H,3,7H2,1-2H3,(H,15,18). The molecule has 2 aromatic rings. The Morgan fingerprint density at radius 3 is 3.00 bits per heavy atom. The third kappa shape index (κ3) is 3.47. The van der Waals surface area contributed by atoms with Crippen molar-refractivity contribution in [3.05, 3.63) is 40.5 Å². The van der Waals surface area contributed by atoms with Gasteiger partial charge in [0, 0.05) is 25.2 Å². The van der Waals surface area contributed by atoms with Crippen LogP contribution in [0.25, 0.3) is 0 Å². The second-order valence-electron chi connectivity index (χ2n) is 4.34. The lowest BCUT2D eigenvalue weighted by Crippen LogP contribution is -2.34. The number of rotatable bonds is 5. The van der Waals surface area contributed by atoms with Gasteiger partial charge in [-0.3, -0.25) is 9.48 Å². The predicted molar refractivity (Wildman–Crippen MR) is 74.9 cm³/mol. The second kappa shape index (κ2) is 6.06. The molecule has 0 saturated heterocycles. The molecule has 0 saturated carbocycles. The number of hydrogen-bond acceptors (Lipinski definition) is 3. The summed E-state index contributed by atoms with van der Waals surface area (Å²) < 4.78 is 7.68. The molecule has 0 radical (unpaired) electrons. The topological polar surface area (TPSA) is 60.1 Å². The van der Waals surface area contributed by atoms with E-state index in [2.05, 4.69) is 26.3 Å². The van der Waals surface area contributed by atoms with Gasteiger partial charge in [0.1, 0.15) is 5.76 Å². The van der Waals surface area contributed by atoms with E-state index in [1.54, 1.807) is 17.1 Å². The van der Waals surface area contributed by atoms with Crippen LogP contribution >= 0.6 is 15.9 Å². The maximum Gasteiger partial charge on any atom is 0.273 e. The van der Waals surface area contributed by atoms with Gasteiger partial charge in [0.2, 0.25) is 0 Å². The summed E-state index contributed by atoms with van der Waals surface area (Å²) in [6, 6.07) is 3.71. The first-order valence-electron chi connectivity index (χ1n) is 6.16. The minimum atomic E-state index is -0.182. The van der Waals surface area contributed by atoms with Gasteiger partial charge in [0.25, 0.3) is 5.91 Å². The maximum absolute atomic E-state index is 12.1. The number of carbonyl (C=O) groups is 1. The van der Waals surface area contributed by atoms with Gasteiger partial charge in [-0.15, -0.1) is 0 Å². The average Bonchev–Trinajstić information content (AvgIpc) is 2.98. The third-order valence-electron chi connectivity index (χ3n) is 2.72. The van der Waals surface area contributed by atoms with Crippen molar-refractivity contribution < 1.29 is 9.21 Å². The number of aromatic nitrogens is 2. The van der Waals surface area contributed by atoms with E-state index in [1.165, 1.54) is 0 Å². The summed E-state index contributed by atoms with van der Waals surface area (Å²) in [5.41, 5.74) is 0.410. The molecular formula is C13H16BrN3O2. The van der Waals surface area contributed by atoms with Crippen LogP contribution in [-0.4, -0.2) is 21.7 Å². The molecule has 0 spiro atoms. The van der Waals surface area contributed by atoms with Gasteiger partial charge in [-0.2, -0.15) is 5.10 Å². The Hall–Kier alpha value is -1.56. The Labute approximate surface area is 120 Å². The molecule has 19 heavy (non-hydrogen) atoms. The molecule has 1 amide bonds. The smallest absolute Gasteiger partial charge is 0.273 e. The molecule has 2 rings (SSSR count). The molecule has 2 heterocycles. The van der Waals surface area contributed by atoms with Crippen LogP contribution in [0.2, 0.25) is 0 Å². The van der Waals surface area contributed by atoms with E-state index in [9.17, 15) is 4.79 Å². The number of aryl methyl sites for hydroxylation is 1. The number of hydrogen-bond donors (Lipinski definition) is 1. The van der Waals surface area contributed by atoms with Gasteiger partial charge in [0.15, 0.2) is 5.69 Å². The maximum atomic E-state index is 12.1. The molecule has 0 bridgehead atoms. The van der Waals surface area contributed by atoms with Crippen molar-refractivity contribution in [2.75, 3.05) is 0 Å². The Bertz CT molecular complexity index is 548. The monoisotopic (exact) mass is 325 g/mol. The van der Waals surface area contributed by atoms with E-state index in [1.807, 2.05) is 26.0 Å². The van der Waals surface area contributed by atoms with Crippen LogP contribution in [0.15, 0.2) is 33.5 Å². The lowest BCUT2D eigenvalue weighted by atomic mass is 10.2. The SMILES string of the molecule is CCn1cc(Br)c(C(=O)NC(C)Cc2ccco2)n1. The van der Waals surface area contributed by atoms with Gasteiger partial charge in [-0.25, -0.2) is 0 Å². The Balaban J connectivity index is 1.98. The summed E-state index contributed by atoms with van der Waals surface area (Å²) >= 11 is 3.35. The summed E-state index contributed by atoms with van der Waals surface area (Å²) in [4.78, 5) is 12.1. The summed E-state index contributed by atoms with van der Waals surface area (Å²) in [5, 5.41) is 7.12. The lowest BCUT2D eigenvalue weighted by molar-refractivity contribution is 0.0932. The van der Waals surface area contributed by atoms with Crippen LogP contribution in [-0.2, 0) is 13.0 Å². The highest BCUT2D eigenvalue weighted by Crippen LogP contribution is 2.15. The number of carbonyl (C=O) groups excluding carboxylic acids is 1. The van der Waals surface area contributed by atoms with Crippen LogP contribution in [0.3, 0.4) is 0 Å². The van der Waals surface area contributed by atoms with Crippen molar-refractivity contribution in [3.63, 3.8) is 0 Å².